The third kappa shape index (κ3) is 16.7. The van der Waals surface area contributed by atoms with Crippen molar-refractivity contribution in [2.75, 3.05) is 50.5 Å². The lowest BCUT2D eigenvalue weighted by Crippen LogP contribution is -2.10. The lowest BCUT2D eigenvalue weighted by Gasteiger charge is -2.27. The van der Waals surface area contributed by atoms with Gasteiger partial charge in [0.1, 0.15) is 0 Å². The summed E-state index contributed by atoms with van der Waals surface area (Å²) in [6.07, 6.45) is 0. The molecule has 0 amide bonds. The molecule has 0 bridgehead atoms. The molecule has 18 aromatic rings. The maximum atomic E-state index is 9.24. The molecule has 0 aliphatic heterocycles. The van der Waals surface area contributed by atoms with Gasteiger partial charge in [-0.3, -0.25) is 0 Å². The highest BCUT2D eigenvalue weighted by atomic mass is 15.2. The Hall–Kier alpha value is -15.5. The first kappa shape index (κ1) is 73.7. The molecule has 0 spiro atoms. The molecule has 18 rings (SSSR count). The minimum Gasteiger partial charge on any atom is -0.345 e. The first-order chi connectivity index (χ1) is 56.7. The van der Waals surface area contributed by atoms with Crippen LogP contribution < -0.4 is 29.4 Å². The quantitative estimate of drug-likeness (QED) is 0.0842. The van der Waals surface area contributed by atoms with Crippen LogP contribution in [0.3, 0.4) is 0 Å². The summed E-state index contributed by atoms with van der Waals surface area (Å²) in [7, 11) is 6.16. The van der Waals surface area contributed by atoms with Gasteiger partial charge in [-0.15, -0.1) is 0 Å². The highest BCUT2D eigenvalue weighted by molar-refractivity contribution is 6.01. The predicted octanol–water partition coefficient (Wildman–Crippen LogP) is 29.0. The van der Waals surface area contributed by atoms with E-state index in [9.17, 15) is 5.26 Å². The van der Waals surface area contributed by atoms with Crippen LogP contribution in [0.15, 0.2) is 443 Å². The standard InChI is InChI=1S/2C36H27N3.C35H28N2/c1-38(34-14-7-9-27(25-34)26-37)31-21-17-28(18-22-31)29-19-23-33(24-20-29)39(32-12-3-2-4-13-32)36-16-8-11-30-10-5-6-15-35(30)36;1-38(31-20-14-27(26-37)15-21-31)32-22-16-28(17-23-32)29-18-24-34(25-19-29)39(33-10-3-2-4-11-33)36-13-7-9-30-8-5-6-12-35(30)36;1-36(31-12-4-2-5-13-31)32-21-16-28(17-22-32)29-18-23-34(24-19-29)37(33-14-6-3-7-15-33)35-25-20-27-10-8-9-11-30(27)26-35/h2*2-25H,1H3;2-26H,1H3. The van der Waals surface area contributed by atoms with Crippen LogP contribution in [0, 0.1) is 22.7 Å². The van der Waals surface area contributed by atoms with Gasteiger partial charge in [0.05, 0.1) is 34.6 Å². The molecule has 115 heavy (non-hydrogen) atoms. The molecule has 0 radical (unpaired) electrons. The van der Waals surface area contributed by atoms with Gasteiger partial charge in [-0.2, -0.15) is 10.5 Å². The fraction of sp³-hybridized carbons (Fsp3) is 0.0280. The summed E-state index contributed by atoms with van der Waals surface area (Å²) in [4.78, 5) is 13.4. The Bertz CT molecular complexity index is 6360. The zero-order valence-electron chi connectivity index (χ0n) is 64.2. The van der Waals surface area contributed by atoms with Gasteiger partial charge >= 0.3 is 0 Å². The van der Waals surface area contributed by atoms with Gasteiger partial charge in [-0.25, -0.2) is 0 Å². The van der Waals surface area contributed by atoms with Gasteiger partial charge in [-0.1, -0.05) is 255 Å². The molecule has 0 saturated heterocycles. The second-order valence-electron chi connectivity index (χ2n) is 28.2. The Labute approximate surface area is 673 Å². The molecule has 18 aromatic carbocycles. The van der Waals surface area contributed by atoms with Crippen molar-refractivity contribution in [1.29, 1.82) is 10.5 Å². The topological polar surface area (TPSA) is 67.0 Å². The highest BCUT2D eigenvalue weighted by Crippen LogP contribution is 2.44. The van der Waals surface area contributed by atoms with Crippen LogP contribution in [0.2, 0.25) is 0 Å². The van der Waals surface area contributed by atoms with Crippen molar-refractivity contribution in [1.82, 2.24) is 0 Å². The maximum Gasteiger partial charge on any atom is 0.0992 e. The van der Waals surface area contributed by atoms with E-state index in [0.29, 0.717) is 11.1 Å². The Morgan fingerprint density at radius 1 is 0.174 bits per heavy atom. The number of nitriles is 2. The van der Waals surface area contributed by atoms with E-state index in [1.165, 1.54) is 49.1 Å². The fourth-order valence-electron chi connectivity index (χ4n) is 14.8. The first-order valence-corrected chi connectivity index (χ1v) is 38.6. The molecule has 0 N–H and O–H groups in total. The van der Waals surface area contributed by atoms with Crippen LogP contribution in [0.5, 0.6) is 0 Å². The van der Waals surface area contributed by atoms with Crippen LogP contribution in [0.25, 0.3) is 65.7 Å². The summed E-state index contributed by atoms with van der Waals surface area (Å²) in [6, 6.07) is 159. The number of hydrogen-bond donors (Lipinski definition) is 0. The van der Waals surface area contributed by atoms with Gasteiger partial charge in [0, 0.05) is 106 Å². The van der Waals surface area contributed by atoms with Crippen LogP contribution >= 0.6 is 0 Å². The van der Waals surface area contributed by atoms with Crippen LogP contribution in [-0.2, 0) is 0 Å². The summed E-state index contributed by atoms with van der Waals surface area (Å²) in [6.45, 7) is 0. The van der Waals surface area contributed by atoms with Crippen molar-refractivity contribution >= 4 is 118 Å². The molecule has 0 unspecified atom stereocenters. The summed E-state index contributed by atoms with van der Waals surface area (Å²) < 4.78 is 0. The molecule has 0 fully saturated rings. The van der Waals surface area contributed by atoms with Crippen molar-refractivity contribution in [2.24, 2.45) is 0 Å². The highest BCUT2D eigenvalue weighted by Gasteiger charge is 2.20. The number of anilines is 15. The Kier molecular flexibility index (Phi) is 22.2. The Balaban J connectivity index is 0.000000130. The van der Waals surface area contributed by atoms with Gasteiger partial charge in [0.15, 0.2) is 0 Å². The van der Waals surface area contributed by atoms with Gasteiger partial charge < -0.3 is 29.4 Å². The molecule has 0 aliphatic rings. The van der Waals surface area contributed by atoms with Crippen molar-refractivity contribution in [3.05, 3.63) is 454 Å². The molecule has 8 nitrogen and oxygen atoms in total. The molecule has 0 aromatic heterocycles. The van der Waals surface area contributed by atoms with E-state index in [4.69, 9.17) is 5.26 Å². The lowest BCUT2D eigenvalue weighted by molar-refractivity contribution is 1.21. The number of hydrogen-bond acceptors (Lipinski definition) is 8. The van der Waals surface area contributed by atoms with E-state index in [-0.39, 0.29) is 0 Å². The summed E-state index contributed by atoms with van der Waals surface area (Å²) in [5.74, 6) is 0. The monoisotopic (exact) mass is 1480 g/mol. The molecular formula is C107H82N8. The minimum atomic E-state index is 0.657. The van der Waals surface area contributed by atoms with Crippen molar-refractivity contribution < 1.29 is 0 Å². The van der Waals surface area contributed by atoms with Crippen LogP contribution in [0.1, 0.15) is 11.1 Å². The van der Waals surface area contributed by atoms with E-state index in [1.54, 1.807) is 0 Å². The minimum absolute atomic E-state index is 0.657. The van der Waals surface area contributed by atoms with Crippen LogP contribution in [-0.4, -0.2) is 21.1 Å². The molecule has 8 heteroatoms. The second kappa shape index (κ2) is 34.6. The third-order valence-electron chi connectivity index (χ3n) is 21.1. The number of rotatable bonds is 18. The van der Waals surface area contributed by atoms with Crippen LogP contribution in [0.4, 0.5) is 85.3 Å². The van der Waals surface area contributed by atoms with E-state index in [2.05, 4.69) is 437 Å². The largest absolute Gasteiger partial charge is 0.345 e. The molecule has 0 heterocycles. The zero-order valence-corrected chi connectivity index (χ0v) is 64.2. The zero-order chi connectivity index (χ0) is 78.2. The summed E-state index contributed by atoms with van der Waals surface area (Å²) >= 11 is 0. The molecule has 0 aliphatic carbocycles. The Morgan fingerprint density at radius 3 is 0.826 bits per heavy atom. The third-order valence-corrected chi connectivity index (χ3v) is 21.1. The van der Waals surface area contributed by atoms with E-state index < -0.39 is 0 Å². The molecule has 0 saturated carbocycles. The predicted molar refractivity (Wildman–Crippen MR) is 485 cm³/mol. The molecular weight excluding hydrogens is 1400 g/mol. The second-order valence-corrected chi connectivity index (χ2v) is 28.2. The normalized spacial score (nSPS) is 10.7. The summed E-state index contributed by atoms with van der Waals surface area (Å²) in [5.41, 5.74) is 25.1. The van der Waals surface area contributed by atoms with Gasteiger partial charge in [0.25, 0.3) is 0 Å². The van der Waals surface area contributed by atoms with Gasteiger partial charge in [0.2, 0.25) is 0 Å². The Morgan fingerprint density at radius 2 is 0.435 bits per heavy atom. The van der Waals surface area contributed by atoms with Crippen molar-refractivity contribution in [3.8, 4) is 45.5 Å². The average molecular weight is 1480 g/mol. The average Bonchev–Trinajstić information content (AvgIpc) is 0.774. The number of para-hydroxylation sites is 4. The van der Waals surface area contributed by atoms with Crippen molar-refractivity contribution in [2.45, 2.75) is 0 Å². The number of benzene rings is 18. The fourth-order valence-corrected chi connectivity index (χ4v) is 14.8. The number of fused-ring (bicyclic) bond motifs is 3. The van der Waals surface area contributed by atoms with Crippen molar-refractivity contribution in [3.63, 3.8) is 0 Å². The van der Waals surface area contributed by atoms with E-state index in [1.807, 2.05) is 68.7 Å². The van der Waals surface area contributed by atoms with Gasteiger partial charge in [-0.05, 0) is 243 Å². The maximum absolute atomic E-state index is 9.24. The molecule has 0 atom stereocenters. The van der Waals surface area contributed by atoms with E-state index in [0.717, 1.165) is 102 Å². The first-order valence-electron chi connectivity index (χ1n) is 38.6. The smallest absolute Gasteiger partial charge is 0.0992 e. The lowest BCUT2D eigenvalue weighted by atomic mass is 10.0. The molecule has 550 valence electrons. The number of nitrogens with zero attached hydrogens (tertiary/aromatic N) is 8. The van der Waals surface area contributed by atoms with E-state index >= 15 is 0 Å². The summed E-state index contributed by atoms with van der Waals surface area (Å²) in [5, 5.41) is 25.7. The SMILES string of the molecule is CN(c1ccc(-c2ccc(N(c3ccccc3)c3cccc4ccccc34)cc2)cc1)c1cccc(C#N)c1.CN(c1ccc(C#N)cc1)c1ccc(-c2ccc(N(c3ccccc3)c3cccc4ccccc34)cc2)cc1.CN(c1ccccc1)c1ccc(-c2ccc(N(c3ccccc3)c3ccc4ccccc4c3)cc2)cc1.